The zero-order valence-electron chi connectivity index (χ0n) is 8.49. The Morgan fingerprint density at radius 1 is 1.56 bits per heavy atom. The van der Waals surface area contributed by atoms with E-state index >= 15 is 0 Å². The predicted octanol–water partition coefficient (Wildman–Crippen LogP) is 0.793. The molecule has 0 saturated heterocycles. The summed E-state index contributed by atoms with van der Waals surface area (Å²) in [6.45, 7) is 0. The summed E-state index contributed by atoms with van der Waals surface area (Å²) in [5.41, 5.74) is 0.550. The van der Waals surface area contributed by atoms with Crippen molar-refractivity contribution < 1.29 is 19.4 Å². The third-order valence-electron chi connectivity index (χ3n) is 2.15. The Kier molecular flexibility index (Phi) is 2.49. The van der Waals surface area contributed by atoms with Crippen LogP contribution in [0.25, 0.3) is 0 Å². The fourth-order valence-electron chi connectivity index (χ4n) is 1.36. The largest absolute Gasteiger partial charge is 0.475 e. The van der Waals surface area contributed by atoms with Crippen molar-refractivity contribution in [1.82, 2.24) is 9.78 Å². The maximum atomic E-state index is 10.6. The van der Waals surface area contributed by atoms with E-state index in [9.17, 15) is 9.90 Å². The molecule has 2 rings (SSSR count). The number of aryl methyl sites for hydroxylation is 1. The Bertz CT molecular complexity index is 514. The number of aromatic nitrogens is 2. The number of hydrogen-bond acceptors (Lipinski definition) is 4. The molecule has 2 heterocycles. The molecule has 6 heteroatoms. The van der Waals surface area contributed by atoms with Gasteiger partial charge >= 0.3 is 5.97 Å². The number of nitrogens with zero attached hydrogens (tertiary/aromatic N) is 2. The number of furan rings is 1. The lowest BCUT2D eigenvalue weighted by atomic mass is 10.1. The number of rotatable bonds is 3. The Labute approximate surface area is 90.7 Å². The van der Waals surface area contributed by atoms with E-state index in [1.165, 1.54) is 18.3 Å². The van der Waals surface area contributed by atoms with Crippen LogP contribution in [0.2, 0.25) is 0 Å². The predicted molar refractivity (Wildman–Crippen MR) is 52.9 cm³/mol. The van der Waals surface area contributed by atoms with Crippen LogP contribution in [0.15, 0.2) is 28.9 Å². The summed E-state index contributed by atoms with van der Waals surface area (Å²) >= 11 is 0. The molecule has 0 radical (unpaired) electrons. The molecular formula is C10H10N2O4. The Hall–Kier alpha value is -2.08. The molecule has 1 unspecified atom stereocenters. The fourth-order valence-corrected chi connectivity index (χ4v) is 1.36. The van der Waals surface area contributed by atoms with Crippen LogP contribution < -0.4 is 0 Å². The number of aromatic carboxylic acids is 1. The minimum Gasteiger partial charge on any atom is -0.475 e. The molecule has 0 spiro atoms. The molecule has 0 saturated carbocycles. The van der Waals surface area contributed by atoms with Gasteiger partial charge in [-0.25, -0.2) is 4.79 Å². The standard InChI is InChI=1S/C10H10N2O4/c1-12-5-6(4-11-12)9(13)7-2-3-8(16-7)10(14)15/h2-5,9,13H,1H3,(H,14,15). The van der Waals surface area contributed by atoms with Crippen LogP contribution in [-0.2, 0) is 7.05 Å². The summed E-state index contributed by atoms with van der Waals surface area (Å²) in [6.07, 6.45) is 2.13. The van der Waals surface area contributed by atoms with Gasteiger partial charge in [-0.3, -0.25) is 4.68 Å². The second kappa shape index (κ2) is 3.82. The molecule has 2 N–H and O–H groups in total. The third-order valence-corrected chi connectivity index (χ3v) is 2.15. The second-order valence-electron chi connectivity index (χ2n) is 3.36. The Balaban J connectivity index is 2.26. The topological polar surface area (TPSA) is 88.5 Å². The molecule has 0 aromatic carbocycles. The average molecular weight is 222 g/mol. The van der Waals surface area contributed by atoms with Gasteiger partial charge in [0.05, 0.1) is 6.20 Å². The highest BCUT2D eigenvalue weighted by Gasteiger charge is 2.18. The monoisotopic (exact) mass is 222 g/mol. The van der Waals surface area contributed by atoms with Crippen molar-refractivity contribution in [2.45, 2.75) is 6.10 Å². The van der Waals surface area contributed by atoms with Gasteiger partial charge in [-0.2, -0.15) is 5.10 Å². The van der Waals surface area contributed by atoms with Gasteiger partial charge in [0.15, 0.2) is 0 Å². The average Bonchev–Trinajstić information content (AvgIpc) is 2.84. The zero-order chi connectivity index (χ0) is 11.7. The molecule has 6 nitrogen and oxygen atoms in total. The summed E-state index contributed by atoms with van der Waals surface area (Å²) in [4.78, 5) is 10.6. The van der Waals surface area contributed by atoms with Crippen LogP contribution in [0.4, 0.5) is 0 Å². The normalized spacial score (nSPS) is 12.6. The van der Waals surface area contributed by atoms with E-state index in [1.807, 2.05) is 0 Å². The summed E-state index contributed by atoms with van der Waals surface area (Å²) in [6, 6.07) is 2.73. The molecule has 0 aliphatic carbocycles. The maximum absolute atomic E-state index is 10.6. The minimum absolute atomic E-state index is 0.186. The number of aliphatic hydroxyl groups excluding tert-OH is 1. The van der Waals surface area contributed by atoms with E-state index in [0.29, 0.717) is 5.56 Å². The van der Waals surface area contributed by atoms with Crippen LogP contribution in [0.5, 0.6) is 0 Å². The van der Waals surface area contributed by atoms with Gasteiger partial charge in [0.2, 0.25) is 5.76 Å². The van der Waals surface area contributed by atoms with Gasteiger partial charge in [-0.1, -0.05) is 0 Å². The van der Waals surface area contributed by atoms with Gasteiger partial charge in [0.25, 0.3) is 0 Å². The van der Waals surface area contributed by atoms with Crippen molar-refractivity contribution in [2.24, 2.45) is 7.05 Å². The van der Waals surface area contributed by atoms with E-state index in [2.05, 4.69) is 5.10 Å². The zero-order valence-corrected chi connectivity index (χ0v) is 8.49. The van der Waals surface area contributed by atoms with Crippen LogP contribution in [0.3, 0.4) is 0 Å². The van der Waals surface area contributed by atoms with Gasteiger partial charge in [0.1, 0.15) is 11.9 Å². The van der Waals surface area contributed by atoms with Crippen molar-refractivity contribution in [2.75, 3.05) is 0 Å². The van der Waals surface area contributed by atoms with E-state index in [-0.39, 0.29) is 11.5 Å². The van der Waals surface area contributed by atoms with Crippen LogP contribution in [0, 0.1) is 0 Å². The molecule has 2 aromatic heterocycles. The number of carboxylic acids is 1. The molecular weight excluding hydrogens is 212 g/mol. The van der Waals surface area contributed by atoms with Crippen molar-refractivity contribution in [3.63, 3.8) is 0 Å². The van der Waals surface area contributed by atoms with Crippen LogP contribution in [0.1, 0.15) is 28.0 Å². The van der Waals surface area contributed by atoms with E-state index in [4.69, 9.17) is 9.52 Å². The number of carboxylic acid groups (broad SMARTS) is 1. The summed E-state index contributed by atoms with van der Waals surface area (Å²) < 4.78 is 6.53. The summed E-state index contributed by atoms with van der Waals surface area (Å²) in [7, 11) is 1.72. The highest BCUT2D eigenvalue weighted by molar-refractivity contribution is 5.84. The quantitative estimate of drug-likeness (QED) is 0.801. The van der Waals surface area contributed by atoms with Crippen LogP contribution >= 0.6 is 0 Å². The Morgan fingerprint density at radius 3 is 2.81 bits per heavy atom. The highest BCUT2D eigenvalue weighted by Crippen LogP contribution is 2.23. The molecule has 1 atom stereocenters. The van der Waals surface area contributed by atoms with Gasteiger partial charge in [-0.05, 0) is 12.1 Å². The molecule has 2 aromatic rings. The molecule has 0 aliphatic heterocycles. The van der Waals surface area contributed by atoms with E-state index in [1.54, 1.807) is 17.9 Å². The lowest BCUT2D eigenvalue weighted by Gasteiger charge is -2.03. The molecule has 0 aliphatic rings. The van der Waals surface area contributed by atoms with Gasteiger partial charge in [0, 0.05) is 18.8 Å². The first-order chi connectivity index (χ1) is 7.58. The van der Waals surface area contributed by atoms with Gasteiger partial charge < -0.3 is 14.6 Å². The molecule has 16 heavy (non-hydrogen) atoms. The number of hydrogen-bond donors (Lipinski definition) is 2. The molecule has 0 bridgehead atoms. The first-order valence-corrected chi connectivity index (χ1v) is 4.57. The SMILES string of the molecule is Cn1cc(C(O)c2ccc(C(=O)O)o2)cn1. The smallest absolute Gasteiger partial charge is 0.371 e. The highest BCUT2D eigenvalue weighted by atomic mass is 16.4. The third kappa shape index (κ3) is 1.82. The van der Waals surface area contributed by atoms with Crippen molar-refractivity contribution in [1.29, 1.82) is 0 Å². The molecule has 0 amide bonds. The van der Waals surface area contributed by atoms with Crippen molar-refractivity contribution >= 4 is 5.97 Å². The molecule has 0 fully saturated rings. The maximum Gasteiger partial charge on any atom is 0.371 e. The minimum atomic E-state index is -1.16. The first kappa shape index (κ1) is 10.4. The second-order valence-corrected chi connectivity index (χ2v) is 3.36. The first-order valence-electron chi connectivity index (χ1n) is 4.57. The number of carbonyl (C=O) groups is 1. The number of aliphatic hydroxyl groups is 1. The Morgan fingerprint density at radius 2 is 2.31 bits per heavy atom. The lowest BCUT2D eigenvalue weighted by Crippen LogP contribution is -1.97. The van der Waals surface area contributed by atoms with E-state index < -0.39 is 12.1 Å². The summed E-state index contributed by atoms with van der Waals surface area (Å²) in [5, 5.41) is 22.4. The molecule has 84 valence electrons. The van der Waals surface area contributed by atoms with Crippen LogP contribution in [-0.4, -0.2) is 26.0 Å². The lowest BCUT2D eigenvalue weighted by molar-refractivity contribution is 0.0655. The fraction of sp³-hybridized carbons (Fsp3) is 0.200. The summed E-state index contributed by atoms with van der Waals surface area (Å²) in [5.74, 6) is -1.17. The van der Waals surface area contributed by atoms with Crippen molar-refractivity contribution in [3.8, 4) is 0 Å². The van der Waals surface area contributed by atoms with Crippen molar-refractivity contribution in [3.05, 3.63) is 41.6 Å². The van der Waals surface area contributed by atoms with E-state index in [0.717, 1.165) is 0 Å². The van der Waals surface area contributed by atoms with Gasteiger partial charge in [-0.15, -0.1) is 0 Å².